The van der Waals surface area contributed by atoms with Gasteiger partial charge in [-0.05, 0) is 67.6 Å². The first-order valence-electron chi connectivity index (χ1n) is 11.5. The molecule has 2 unspecified atom stereocenters. The average Bonchev–Trinajstić information content (AvgIpc) is 3.13. The first kappa shape index (κ1) is 22.8. The molecule has 1 aromatic rings. The summed E-state index contributed by atoms with van der Waals surface area (Å²) < 4.78 is 32.2. The minimum absolute atomic E-state index is 0.145. The molecule has 2 spiro atoms. The Labute approximate surface area is 189 Å². The number of thiocarbonyl (C=S) groups is 1. The number of methoxy groups -OCH3 is 1. The maximum Gasteiger partial charge on any atom is 0.239 e. The lowest BCUT2D eigenvalue weighted by Crippen LogP contribution is -2.56. The van der Waals surface area contributed by atoms with Crippen LogP contribution in [0.5, 0.6) is 0 Å². The number of ketones is 1. The van der Waals surface area contributed by atoms with Crippen LogP contribution in [0.2, 0.25) is 0 Å². The Kier molecular flexibility index (Phi) is 6.25. The van der Waals surface area contributed by atoms with Crippen molar-refractivity contribution in [3.05, 3.63) is 34.9 Å². The van der Waals surface area contributed by atoms with Crippen LogP contribution in [0.4, 0.5) is 8.78 Å². The highest BCUT2D eigenvalue weighted by Gasteiger charge is 2.67. The Balaban J connectivity index is 1.78. The van der Waals surface area contributed by atoms with Gasteiger partial charge in [0.2, 0.25) is 6.43 Å². The summed E-state index contributed by atoms with van der Waals surface area (Å²) in [4.78, 5) is 14.2. The largest absolute Gasteiger partial charge is 0.381 e. The number of rotatable bonds is 6. The van der Waals surface area contributed by atoms with Gasteiger partial charge in [0.05, 0.1) is 17.0 Å². The van der Waals surface area contributed by atoms with Gasteiger partial charge in [-0.2, -0.15) is 0 Å². The smallest absolute Gasteiger partial charge is 0.239 e. The summed E-state index contributed by atoms with van der Waals surface area (Å²) in [6.07, 6.45) is 3.32. The predicted molar refractivity (Wildman–Crippen MR) is 122 cm³/mol. The quantitative estimate of drug-likeness (QED) is 0.593. The summed E-state index contributed by atoms with van der Waals surface area (Å²) in [5.41, 5.74) is 2.02. The van der Waals surface area contributed by atoms with Crippen molar-refractivity contribution >= 4 is 23.0 Å². The van der Waals surface area contributed by atoms with Gasteiger partial charge in [-0.25, -0.2) is 8.78 Å². The zero-order chi connectivity index (χ0) is 22.4. The summed E-state index contributed by atoms with van der Waals surface area (Å²) in [5.74, 6) is -0.460. The van der Waals surface area contributed by atoms with Crippen molar-refractivity contribution in [3.63, 3.8) is 0 Å². The third-order valence-corrected chi connectivity index (χ3v) is 8.25. The molecular formula is C25H33F2NO2S. The highest BCUT2D eigenvalue weighted by atomic mass is 32.1. The van der Waals surface area contributed by atoms with Crippen molar-refractivity contribution in [2.24, 2.45) is 17.3 Å². The van der Waals surface area contributed by atoms with Gasteiger partial charge >= 0.3 is 0 Å². The predicted octanol–water partition coefficient (Wildman–Crippen LogP) is 5.37. The molecule has 1 saturated heterocycles. The number of halogens is 2. The van der Waals surface area contributed by atoms with E-state index in [1.165, 1.54) is 5.56 Å². The Bertz CT molecular complexity index is 863. The molecule has 31 heavy (non-hydrogen) atoms. The van der Waals surface area contributed by atoms with Crippen molar-refractivity contribution in [1.82, 2.24) is 5.32 Å². The van der Waals surface area contributed by atoms with Crippen LogP contribution in [0.25, 0.3) is 0 Å². The number of carbonyl (C=O) groups is 1. The van der Waals surface area contributed by atoms with E-state index in [1.807, 2.05) is 0 Å². The molecule has 1 N–H and O–H groups in total. The molecule has 1 heterocycles. The molecule has 0 aromatic heterocycles. The fourth-order valence-corrected chi connectivity index (χ4v) is 6.51. The van der Waals surface area contributed by atoms with Crippen molar-refractivity contribution < 1.29 is 18.3 Å². The fourth-order valence-electron chi connectivity index (χ4n) is 6.15. The Morgan fingerprint density at radius 2 is 1.97 bits per heavy atom. The molecule has 2 aliphatic carbocycles. The summed E-state index contributed by atoms with van der Waals surface area (Å²) >= 11 is 5.50. The molecule has 0 radical (unpaired) electrons. The fraction of sp³-hybridized carbons (Fsp3) is 0.680. The SMILES string of the molecule is COC1CCC2(CC1)Cc1ccc(CCC(C)C)cc1C21NC(=S)C(CC(F)F)C1=O. The average molecular weight is 450 g/mol. The molecular weight excluding hydrogens is 416 g/mol. The molecule has 6 heteroatoms. The van der Waals surface area contributed by atoms with Gasteiger partial charge < -0.3 is 10.1 Å². The first-order valence-corrected chi connectivity index (χ1v) is 11.9. The van der Waals surface area contributed by atoms with E-state index in [9.17, 15) is 13.6 Å². The van der Waals surface area contributed by atoms with Crippen LogP contribution < -0.4 is 5.32 Å². The van der Waals surface area contributed by atoms with E-state index in [0.717, 1.165) is 56.1 Å². The van der Waals surface area contributed by atoms with Crippen LogP contribution in [-0.2, 0) is 27.9 Å². The third kappa shape index (κ3) is 3.74. The van der Waals surface area contributed by atoms with Crippen LogP contribution in [0.3, 0.4) is 0 Å². The van der Waals surface area contributed by atoms with Crippen LogP contribution in [0.15, 0.2) is 18.2 Å². The number of aryl methyl sites for hydroxylation is 1. The molecule has 1 aliphatic heterocycles. The van der Waals surface area contributed by atoms with Crippen LogP contribution in [-0.4, -0.2) is 30.4 Å². The van der Waals surface area contributed by atoms with Gasteiger partial charge in [-0.3, -0.25) is 4.79 Å². The number of nitrogens with one attached hydrogen (secondary N) is 1. The lowest BCUT2D eigenvalue weighted by Gasteiger charge is -2.47. The van der Waals surface area contributed by atoms with Crippen molar-refractivity contribution in [3.8, 4) is 0 Å². The summed E-state index contributed by atoms with van der Waals surface area (Å²) in [6.45, 7) is 4.40. The summed E-state index contributed by atoms with van der Waals surface area (Å²) in [7, 11) is 1.73. The Hall–Kier alpha value is -1.40. The maximum absolute atomic E-state index is 13.9. The van der Waals surface area contributed by atoms with Crippen LogP contribution in [0, 0.1) is 17.3 Å². The molecule has 2 fully saturated rings. The number of hydrogen-bond acceptors (Lipinski definition) is 3. The van der Waals surface area contributed by atoms with Gasteiger partial charge in [-0.1, -0.05) is 44.3 Å². The maximum atomic E-state index is 13.9. The molecule has 1 aromatic carbocycles. The van der Waals surface area contributed by atoms with E-state index >= 15 is 0 Å². The zero-order valence-electron chi connectivity index (χ0n) is 18.7. The molecule has 3 aliphatic rings. The minimum atomic E-state index is -2.55. The second kappa shape index (κ2) is 8.51. The molecule has 2 atom stereocenters. The zero-order valence-corrected chi connectivity index (χ0v) is 19.5. The van der Waals surface area contributed by atoms with E-state index in [4.69, 9.17) is 17.0 Å². The molecule has 0 amide bonds. The van der Waals surface area contributed by atoms with Gasteiger partial charge in [-0.15, -0.1) is 0 Å². The number of carbonyl (C=O) groups excluding carboxylic acids is 1. The van der Waals surface area contributed by atoms with Crippen LogP contribution >= 0.6 is 12.2 Å². The van der Waals surface area contributed by atoms with Gasteiger partial charge in [0, 0.05) is 18.9 Å². The lowest BCUT2D eigenvalue weighted by atomic mass is 9.60. The number of Topliss-reactive ketones (excluding diaryl/α,β-unsaturated/α-hetero) is 1. The summed E-state index contributed by atoms with van der Waals surface area (Å²) in [6, 6.07) is 6.48. The monoisotopic (exact) mass is 449 g/mol. The third-order valence-electron chi connectivity index (χ3n) is 7.86. The van der Waals surface area contributed by atoms with Crippen LogP contribution in [0.1, 0.15) is 69.1 Å². The second-order valence-electron chi connectivity index (χ2n) is 10.1. The number of hydrogen-bond donors (Lipinski definition) is 1. The van der Waals surface area contributed by atoms with E-state index in [0.29, 0.717) is 10.9 Å². The van der Waals surface area contributed by atoms with E-state index in [2.05, 4.69) is 37.4 Å². The highest BCUT2D eigenvalue weighted by Crippen LogP contribution is 2.61. The Morgan fingerprint density at radius 1 is 1.26 bits per heavy atom. The Morgan fingerprint density at radius 3 is 2.58 bits per heavy atom. The van der Waals surface area contributed by atoms with E-state index in [1.54, 1.807) is 7.11 Å². The molecule has 0 bridgehead atoms. The van der Waals surface area contributed by atoms with Gasteiger partial charge in [0.1, 0.15) is 5.54 Å². The van der Waals surface area contributed by atoms with E-state index < -0.39 is 24.3 Å². The molecule has 170 valence electrons. The number of alkyl halides is 2. The van der Waals surface area contributed by atoms with E-state index in [-0.39, 0.29) is 17.3 Å². The van der Waals surface area contributed by atoms with Crippen molar-refractivity contribution in [1.29, 1.82) is 0 Å². The van der Waals surface area contributed by atoms with Gasteiger partial charge in [0.25, 0.3) is 0 Å². The topological polar surface area (TPSA) is 38.3 Å². The van der Waals surface area contributed by atoms with Crippen molar-refractivity contribution in [2.75, 3.05) is 7.11 Å². The normalized spacial score (nSPS) is 32.5. The number of fused-ring (bicyclic) bond motifs is 3. The lowest BCUT2D eigenvalue weighted by molar-refractivity contribution is -0.133. The standard InChI is InChI=1S/C25H33F2NO2S/c1-15(2)4-5-16-6-7-17-14-24(10-8-18(30-3)9-11-24)25(20(17)12-16)22(29)19(13-21(26)27)23(31)28-25/h6-7,12,15,18-19,21H,4-5,8-11,13-14H2,1-3H3,(H,28,31). The van der Waals surface area contributed by atoms with Gasteiger partial charge in [0.15, 0.2) is 5.78 Å². The molecule has 4 rings (SSSR count). The van der Waals surface area contributed by atoms with Crippen molar-refractivity contribution in [2.45, 2.75) is 83.3 Å². The minimum Gasteiger partial charge on any atom is -0.381 e. The number of ether oxygens (including phenoxy) is 1. The first-order chi connectivity index (χ1) is 14.7. The molecule has 3 nitrogen and oxygen atoms in total. The summed E-state index contributed by atoms with van der Waals surface area (Å²) in [5, 5.41) is 3.38. The molecule has 1 saturated carbocycles. The highest BCUT2D eigenvalue weighted by molar-refractivity contribution is 7.80. The second-order valence-corrected chi connectivity index (χ2v) is 10.5. The number of benzene rings is 1.